The van der Waals surface area contributed by atoms with E-state index in [4.69, 9.17) is 16.3 Å². The molecule has 1 atom stereocenters. The first-order valence-corrected chi connectivity index (χ1v) is 10.2. The second-order valence-electron chi connectivity index (χ2n) is 5.93. The largest absolute Gasteiger partial charge is 0.457 e. The Kier molecular flexibility index (Phi) is 6.80. The van der Waals surface area contributed by atoms with E-state index in [0.29, 0.717) is 17.0 Å². The lowest BCUT2D eigenvalue weighted by atomic mass is 10.1. The number of carbonyl (C=O) groups is 1. The van der Waals surface area contributed by atoms with Crippen molar-refractivity contribution in [2.45, 2.75) is 11.8 Å². The number of carbonyl (C=O) groups excluding carboxylic acids is 1. The number of thioether (sulfide) groups is 1. The first-order valence-electron chi connectivity index (χ1n) is 8.55. The molecule has 1 aliphatic rings. The number of hydrogen-bond donors (Lipinski definition) is 1. The normalized spacial score (nSPS) is 14.6. The summed E-state index contributed by atoms with van der Waals surface area (Å²) in [5.74, 6) is 1.43. The minimum absolute atomic E-state index is 0.114. The Morgan fingerprint density at radius 2 is 1.81 bits per heavy atom. The van der Waals surface area contributed by atoms with E-state index < -0.39 is 0 Å². The zero-order valence-electron chi connectivity index (χ0n) is 14.9. The Labute approximate surface area is 168 Å². The van der Waals surface area contributed by atoms with Gasteiger partial charge in [-0.3, -0.25) is 4.79 Å². The van der Waals surface area contributed by atoms with E-state index in [1.54, 1.807) is 23.9 Å². The molecular formula is C22H20ClNO2S. The fourth-order valence-corrected chi connectivity index (χ4v) is 3.47. The van der Waals surface area contributed by atoms with Gasteiger partial charge in [0, 0.05) is 10.6 Å². The third-order valence-electron chi connectivity index (χ3n) is 3.99. The van der Waals surface area contributed by atoms with Crippen LogP contribution in [0.5, 0.6) is 11.5 Å². The summed E-state index contributed by atoms with van der Waals surface area (Å²) in [5, 5.41) is 3.46. The molecule has 0 saturated carbocycles. The lowest BCUT2D eigenvalue weighted by molar-refractivity contribution is -0.117. The molecule has 3 rings (SSSR count). The highest BCUT2D eigenvalue weighted by Crippen LogP contribution is 2.28. The number of benzene rings is 2. The maximum absolute atomic E-state index is 12.6. The quantitative estimate of drug-likeness (QED) is 0.610. The number of ether oxygens (including phenoxy) is 1. The second-order valence-corrected chi connectivity index (χ2v) is 7.31. The molecule has 0 bridgehead atoms. The summed E-state index contributed by atoms with van der Waals surface area (Å²) in [7, 11) is 0. The first kappa shape index (κ1) is 19.3. The molecule has 138 valence electrons. The number of halogens is 1. The molecular weight excluding hydrogens is 378 g/mol. The molecule has 0 radical (unpaired) electrons. The van der Waals surface area contributed by atoms with E-state index in [9.17, 15) is 4.79 Å². The molecule has 0 aliphatic heterocycles. The smallest absolute Gasteiger partial charge is 0.248 e. The standard InChI is InChI=1S/C22H20ClNO2S/c1-27-22(24-21(25)17-7-5-6-8-18(23)15-17)16-11-13-20(14-12-16)26-19-9-3-2-4-10-19/h2-6,8-15,22H,7H2,1H3,(H,24,25). The predicted octanol–water partition coefficient (Wildman–Crippen LogP) is 5.97. The van der Waals surface area contributed by atoms with Crippen molar-refractivity contribution in [2.24, 2.45) is 0 Å². The van der Waals surface area contributed by atoms with Gasteiger partial charge in [0.15, 0.2) is 0 Å². The van der Waals surface area contributed by atoms with Crippen LogP contribution in [0.1, 0.15) is 17.4 Å². The van der Waals surface area contributed by atoms with Gasteiger partial charge < -0.3 is 10.1 Å². The van der Waals surface area contributed by atoms with Crippen molar-refractivity contribution in [3.63, 3.8) is 0 Å². The van der Waals surface area contributed by atoms with Crippen molar-refractivity contribution < 1.29 is 9.53 Å². The Morgan fingerprint density at radius 3 is 2.52 bits per heavy atom. The van der Waals surface area contributed by atoms with Gasteiger partial charge in [-0.25, -0.2) is 0 Å². The molecule has 1 amide bonds. The highest BCUT2D eigenvalue weighted by Gasteiger charge is 2.17. The van der Waals surface area contributed by atoms with Crippen molar-refractivity contribution >= 4 is 29.3 Å². The molecule has 0 aromatic heterocycles. The Morgan fingerprint density at radius 1 is 1.11 bits per heavy atom. The second kappa shape index (κ2) is 9.49. The molecule has 27 heavy (non-hydrogen) atoms. The Bertz CT molecular complexity index is 873. The van der Waals surface area contributed by atoms with Gasteiger partial charge in [0.2, 0.25) is 5.91 Å². The van der Waals surface area contributed by atoms with Crippen molar-refractivity contribution in [3.05, 3.63) is 95.1 Å². The van der Waals surface area contributed by atoms with Crippen molar-refractivity contribution in [2.75, 3.05) is 6.26 Å². The molecule has 0 heterocycles. The molecule has 1 unspecified atom stereocenters. The molecule has 2 aromatic rings. The zero-order chi connectivity index (χ0) is 19.1. The maximum atomic E-state index is 12.6. The van der Waals surface area contributed by atoms with E-state index in [1.807, 2.05) is 73.0 Å². The summed E-state index contributed by atoms with van der Waals surface area (Å²) in [5.41, 5.74) is 1.65. The van der Waals surface area contributed by atoms with Crippen LogP contribution in [0.3, 0.4) is 0 Å². The van der Waals surface area contributed by atoms with Gasteiger partial charge in [-0.05, 0) is 54.7 Å². The molecule has 5 heteroatoms. The lowest BCUT2D eigenvalue weighted by Crippen LogP contribution is -2.27. The third kappa shape index (κ3) is 5.52. The molecule has 2 aromatic carbocycles. The van der Waals surface area contributed by atoms with Crippen molar-refractivity contribution in [1.82, 2.24) is 5.32 Å². The van der Waals surface area contributed by atoms with Gasteiger partial charge in [0.25, 0.3) is 0 Å². The van der Waals surface area contributed by atoms with E-state index in [-0.39, 0.29) is 11.3 Å². The number of nitrogens with one attached hydrogen (secondary N) is 1. The highest BCUT2D eigenvalue weighted by atomic mass is 35.5. The van der Waals surface area contributed by atoms with Crippen molar-refractivity contribution in [3.8, 4) is 11.5 Å². The summed E-state index contributed by atoms with van der Waals surface area (Å²) in [4.78, 5) is 12.6. The summed E-state index contributed by atoms with van der Waals surface area (Å²) in [6, 6.07) is 17.4. The van der Waals surface area contributed by atoms with Gasteiger partial charge in [-0.2, -0.15) is 0 Å². The number of hydrogen-bond acceptors (Lipinski definition) is 3. The monoisotopic (exact) mass is 397 g/mol. The van der Waals surface area contributed by atoms with Crippen LogP contribution in [0.2, 0.25) is 0 Å². The minimum Gasteiger partial charge on any atom is -0.457 e. The van der Waals surface area contributed by atoms with Gasteiger partial charge in [-0.15, -0.1) is 11.8 Å². The average Bonchev–Trinajstić information content (AvgIpc) is 2.92. The molecule has 1 aliphatic carbocycles. The zero-order valence-corrected chi connectivity index (χ0v) is 16.5. The van der Waals surface area contributed by atoms with E-state index in [1.165, 1.54) is 0 Å². The number of allylic oxidation sites excluding steroid dienone is 5. The fraction of sp³-hybridized carbons (Fsp3) is 0.136. The maximum Gasteiger partial charge on any atom is 0.248 e. The van der Waals surface area contributed by atoms with E-state index >= 15 is 0 Å². The Balaban J connectivity index is 1.67. The van der Waals surface area contributed by atoms with Crippen LogP contribution in [0.4, 0.5) is 0 Å². The fourth-order valence-electron chi connectivity index (χ4n) is 2.61. The predicted molar refractivity (Wildman–Crippen MR) is 113 cm³/mol. The van der Waals surface area contributed by atoms with Crippen LogP contribution in [0.25, 0.3) is 0 Å². The van der Waals surface area contributed by atoms with Crippen LogP contribution >= 0.6 is 23.4 Å². The highest BCUT2D eigenvalue weighted by molar-refractivity contribution is 7.98. The summed E-state index contributed by atoms with van der Waals surface area (Å²) in [6.45, 7) is 0. The Hall–Kier alpha value is -2.43. The topological polar surface area (TPSA) is 38.3 Å². The van der Waals surface area contributed by atoms with Gasteiger partial charge in [-0.1, -0.05) is 54.1 Å². The van der Waals surface area contributed by atoms with Crippen LogP contribution in [-0.2, 0) is 4.79 Å². The summed E-state index contributed by atoms with van der Waals surface area (Å²) >= 11 is 7.63. The SMILES string of the molecule is CSC(NC(=O)C1=CC(Cl)=CC=CC1)c1ccc(Oc2ccccc2)cc1. The minimum atomic E-state index is -0.154. The number of amides is 1. The van der Waals surface area contributed by atoms with Gasteiger partial charge in [0.1, 0.15) is 16.9 Å². The first-order chi connectivity index (χ1) is 13.2. The van der Waals surface area contributed by atoms with Gasteiger partial charge in [0.05, 0.1) is 0 Å². The van der Waals surface area contributed by atoms with Gasteiger partial charge >= 0.3 is 0 Å². The average molecular weight is 398 g/mol. The molecule has 1 N–H and O–H groups in total. The number of rotatable bonds is 6. The number of para-hydroxylation sites is 1. The molecule has 0 saturated heterocycles. The third-order valence-corrected chi connectivity index (χ3v) is 5.09. The molecule has 0 fully saturated rings. The van der Waals surface area contributed by atoms with E-state index in [0.717, 1.165) is 17.1 Å². The van der Waals surface area contributed by atoms with Crippen molar-refractivity contribution in [1.29, 1.82) is 0 Å². The summed E-state index contributed by atoms with van der Waals surface area (Å²) in [6.07, 6.45) is 9.79. The summed E-state index contributed by atoms with van der Waals surface area (Å²) < 4.78 is 5.82. The lowest BCUT2D eigenvalue weighted by Gasteiger charge is -2.18. The van der Waals surface area contributed by atoms with E-state index in [2.05, 4.69) is 5.32 Å². The molecule has 0 spiro atoms. The van der Waals surface area contributed by atoms with Crippen LogP contribution in [-0.4, -0.2) is 12.2 Å². The van der Waals surface area contributed by atoms with Crippen LogP contribution in [0, 0.1) is 0 Å². The van der Waals surface area contributed by atoms with Crippen LogP contribution < -0.4 is 10.1 Å². The molecule has 3 nitrogen and oxygen atoms in total. The van der Waals surface area contributed by atoms with Crippen LogP contribution in [0.15, 0.2) is 89.5 Å².